The van der Waals surface area contributed by atoms with Gasteiger partial charge < -0.3 is 4.79 Å². The van der Waals surface area contributed by atoms with Crippen LogP contribution in [0, 0.1) is 0 Å². The zero-order chi connectivity index (χ0) is 12.2. The topological polar surface area (TPSA) is 17.1 Å². The van der Waals surface area contributed by atoms with Crippen molar-refractivity contribution in [2.45, 2.75) is 23.2 Å². The number of carbonyl (C=O) groups excluding carboxylic acids is 1. The Morgan fingerprint density at radius 3 is 2.62 bits per heavy atom. The normalized spacial score (nSPS) is 11.5. The van der Waals surface area contributed by atoms with Gasteiger partial charge in [0.1, 0.15) is 6.29 Å². The van der Waals surface area contributed by atoms with E-state index in [4.69, 9.17) is 0 Å². The van der Waals surface area contributed by atoms with E-state index < -0.39 is 5.51 Å². The molecule has 0 heterocycles. The molecule has 0 spiro atoms. The zero-order valence-corrected chi connectivity index (χ0v) is 10.5. The standard InChI is InChI=1S/C10H8BrF3OS/c11-9-4-3-8(16-10(12,13)14)6-7(9)2-1-5-15/h3-6H,1-2H2. The van der Waals surface area contributed by atoms with Crippen molar-refractivity contribution in [1.82, 2.24) is 0 Å². The Hall–Kier alpha value is -0.490. The Balaban J connectivity index is 2.84. The fourth-order valence-electron chi connectivity index (χ4n) is 1.15. The van der Waals surface area contributed by atoms with Crippen molar-refractivity contribution in [2.75, 3.05) is 0 Å². The summed E-state index contributed by atoms with van der Waals surface area (Å²) in [5, 5.41) is 0. The predicted molar refractivity (Wildman–Crippen MR) is 60.4 cm³/mol. The van der Waals surface area contributed by atoms with Gasteiger partial charge in [-0.1, -0.05) is 15.9 Å². The van der Waals surface area contributed by atoms with Crippen LogP contribution in [-0.4, -0.2) is 11.8 Å². The van der Waals surface area contributed by atoms with E-state index in [0.29, 0.717) is 18.4 Å². The number of thioether (sulfide) groups is 1. The lowest BCUT2D eigenvalue weighted by molar-refractivity contribution is -0.107. The molecular weight excluding hydrogens is 305 g/mol. The lowest BCUT2D eigenvalue weighted by Crippen LogP contribution is -1.99. The molecule has 0 fully saturated rings. The molecule has 0 aliphatic carbocycles. The molecule has 0 aliphatic rings. The highest BCUT2D eigenvalue weighted by molar-refractivity contribution is 9.10. The Labute approximate surface area is 104 Å². The second-order valence-electron chi connectivity index (χ2n) is 3.01. The summed E-state index contributed by atoms with van der Waals surface area (Å²) >= 11 is 3.08. The van der Waals surface area contributed by atoms with Crippen LogP contribution in [0.3, 0.4) is 0 Å². The van der Waals surface area contributed by atoms with Gasteiger partial charge in [0.15, 0.2) is 0 Å². The maximum Gasteiger partial charge on any atom is 0.446 e. The number of aldehydes is 1. The van der Waals surface area contributed by atoms with E-state index in [1.807, 2.05) is 0 Å². The SMILES string of the molecule is O=CCCc1cc(SC(F)(F)F)ccc1Br. The van der Waals surface area contributed by atoms with Gasteiger partial charge in [0.05, 0.1) is 0 Å². The van der Waals surface area contributed by atoms with Crippen LogP contribution in [0.25, 0.3) is 0 Å². The molecule has 1 aromatic rings. The van der Waals surface area contributed by atoms with Crippen LogP contribution in [0.15, 0.2) is 27.6 Å². The minimum Gasteiger partial charge on any atom is -0.303 e. The average molecular weight is 313 g/mol. The summed E-state index contributed by atoms with van der Waals surface area (Å²) in [6.45, 7) is 0. The first-order valence-corrected chi connectivity index (χ1v) is 6.01. The van der Waals surface area contributed by atoms with Gasteiger partial charge in [0.2, 0.25) is 0 Å². The van der Waals surface area contributed by atoms with Gasteiger partial charge >= 0.3 is 5.51 Å². The van der Waals surface area contributed by atoms with Crippen molar-refractivity contribution in [3.63, 3.8) is 0 Å². The van der Waals surface area contributed by atoms with Gasteiger partial charge in [-0.25, -0.2) is 0 Å². The number of alkyl halides is 3. The van der Waals surface area contributed by atoms with Crippen molar-refractivity contribution in [3.8, 4) is 0 Å². The summed E-state index contributed by atoms with van der Waals surface area (Å²) < 4.78 is 37.1. The molecule has 1 nitrogen and oxygen atoms in total. The second kappa shape index (κ2) is 5.72. The molecule has 16 heavy (non-hydrogen) atoms. The van der Waals surface area contributed by atoms with E-state index in [0.717, 1.165) is 10.8 Å². The maximum atomic E-state index is 12.1. The third-order valence-electron chi connectivity index (χ3n) is 1.78. The number of halogens is 4. The fraction of sp³-hybridized carbons (Fsp3) is 0.300. The summed E-state index contributed by atoms with van der Waals surface area (Å²) in [5.41, 5.74) is -3.57. The monoisotopic (exact) mass is 312 g/mol. The van der Waals surface area contributed by atoms with Crippen molar-refractivity contribution >= 4 is 34.0 Å². The van der Waals surface area contributed by atoms with Crippen LogP contribution in [-0.2, 0) is 11.2 Å². The summed E-state index contributed by atoms with van der Waals surface area (Å²) in [4.78, 5) is 10.3. The van der Waals surface area contributed by atoms with E-state index in [1.165, 1.54) is 12.1 Å². The van der Waals surface area contributed by atoms with Gasteiger partial charge in [-0.05, 0) is 41.9 Å². The van der Waals surface area contributed by atoms with E-state index >= 15 is 0 Å². The summed E-state index contributed by atoms with van der Waals surface area (Å²) in [5.74, 6) is 0. The van der Waals surface area contributed by atoms with Crippen molar-refractivity contribution in [1.29, 1.82) is 0 Å². The first kappa shape index (κ1) is 13.6. The van der Waals surface area contributed by atoms with Crippen molar-refractivity contribution in [2.24, 2.45) is 0 Å². The van der Waals surface area contributed by atoms with Gasteiger partial charge in [0, 0.05) is 15.8 Å². The van der Waals surface area contributed by atoms with E-state index in [2.05, 4.69) is 15.9 Å². The van der Waals surface area contributed by atoms with Crippen LogP contribution < -0.4 is 0 Å². The third-order valence-corrected chi connectivity index (χ3v) is 3.28. The highest BCUT2D eigenvalue weighted by Crippen LogP contribution is 2.38. The highest BCUT2D eigenvalue weighted by Gasteiger charge is 2.29. The first-order chi connectivity index (χ1) is 7.42. The molecule has 0 atom stereocenters. The molecule has 0 saturated heterocycles. The largest absolute Gasteiger partial charge is 0.446 e. The van der Waals surface area contributed by atoms with Crippen LogP contribution in [0.4, 0.5) is 13.2 Å². The molecule has 0 aromatic heterocycles. The Bertz CT molecular complexity index is 379. The van der Waals surface area contributed by atoms with Gasteiger partial charge in [-0.3, -0.25) is 0 Å². The number of carbonyl (C=O) groups is 1. The fourth-order valence-corrected chi connectivity index (χ4v) is 2.20. The molecule has 6 heteroatoms. The minimum absolute atomic E-state index is 0.136. The van der Waals surface area contributed by atoms with E-state index in [-0.39, 0.29) is 16.7 Å². The summed E-state index contributed by atoms with van der Waals surface area (Å²) in [6.07, 6.45) is 1.49. The second-order valence-corrected chi connectivity index (χ2v) is 5.00. The lowest BCUT2D eigenvalue weighted by atomic mass is 10.1. The summed E-state index contributed by atoms with van der Waals surface area (Å²) in [7, 11) is 0. The highest BCUT2D eigenvalue weighted by atomic mass is 79.9. The van der Waals surface area contributed by atoms with Crippen molar-refractivity contribution in [3.05, 3.63) is 28.2 Å². The number of hydrogen-bond acceptors (Lipinski definition) is 2. The predicted octanol–water partition coefficient (Wildman–Crippen LogP) is 4.19. The molecular formula is C10H8BrF3OS. The first-order valence-electron chi connectivity index (χ1n) is 4.40. The van der Waals surface area contributed by atoms with E-state index in [1.54, 1.807) is 6.07 Å². The Morgan fingerprint density at radius 1 is 1.38 bits per heavy atom. The molecule has 0 radical (unpaired) electrons. The molecule has 0 bridgehead atoms. The van der Waals surface area contributed by atoms with Gasteiger partial charge in [-0.15, -0.1) is 0 Å². The molecule has 88 valence electrons. The van der Waals surface area contributed by atoms with Gasteiger partial charge in [-0.2, -0.15) is 13.2 Å². The number of rotatable bonds is 4. The minimum atomic E-state index is -4.28. The van der Waals surface area contributed by atoms with Crippen LogP contribution >= 0.6 is 27.7 Å². The molecule has 0 unspecified atom stereocenters. The lowest BCUT2D eigenvalue weighted by Gasteiger charge is -2.08. The zero-order valence-electron chi connectivity index (χ0n) is 8.05. The Morgan fingerprint density at radius 2 is 2.06 bits per heavy atom. The van der Waals surface area contributed by atoms with Crippen LogP contribution in [0.1, 0.15) is 12.0 Å². The molecule has 0 amide bonds. The maximum absolute atomic E-state index is 12.1. The van der Waals surface area contributed by atoms with Crippen molar-refractivity contribution < 1.29 is 18.0 Å². The molecule has 1 aromatic carbocycles. The smallest absolute Gasteiger partial charge is 0.303 e. The van der Waals surface area contributed by atoms with Crippen LogP contribution in [0.2, 0.25) is 0 Å². The molecule has 0 saturated carbocycles. The number of aryl methyl sites for hydroxylation is 1. The average Bonchev–Trinajstić information content (AvgIpc) is 2.17. The van der Waals surface area contributed by atoms with Gasteiger partial charge in [0.25, 0.3) is 0 Å². The molecule has 1 rings (SSSR count). The third kappa shape index (κ3) is 4.57. The Kier molecular flexibility index (Phi) is 4.86. The quantitative estimate of drug-likeness (QED) is 0.612. The van der Waals surface area contributed by atoms with E-state index in [9.17, 15) is 18.0 Å². The number of hydrogen-bond donors (Lipinski definition) is 0. The molecule has 0 N–H and O–H groups in total. The van der Waals surface area contributed by atoms with Crippen LogP contribution in [0.5, 0.6) is 0 Å². The number of benzene rings is 1. The summed E-state index contributed by atoms with van der Waals surface area (Å²) in [6, 6.07) is 4.41. The molecule has 0 aliphatic heterocycles.